The van der Waals surface area contributed by atoms with Crippen molar-refractivity contribution in [1.82, 2.24) is 4.90 Å². The van der Waals surface area contributed by atoms with Crippen LogP contribution in [0.1, 0.15) is 12.0 Å². The van der Waals surface area contributed by atoms with Gasteiger partial charge in [-0.1, -0.05) is 28.1 Å². The Morgan fingerprint density at radius 3 is 2.35 bits per heavy atom. The topological polar surface area (TPSA) is 66.5 Å². The first-order valence-corrected chi connectivity index (χ1v) is 9.84. The van der Waals surface area contributed by atoms with Gasteiger partial charge in [0, 0.05) is 10.2 Å². The first kappa shape index (κ1) is 16.2. The lowest BCUT2D eigenvalue weighted by Crippen LogP contribution is -2.40. The summed E-state index contributed by atoms with van der Waals surface area (Å²) in [4.78, 5) is 39.4. The molecule has 3 amide bonds. The highest BCUT2D eigenvalue weighted by atomic mass is 79.9. The molecule has 6 atom stereocenters. The third-order valence-electron chi connectivity index (χ3n) is 6.52. The molecule has 0 aromatic heterocycles. The highest BCUT2D eigenvalue weighted by Crippen LogP contribution is 2.65. The molecule has 26 heavy (non-hydrogen) atoms. The van der Waals surface area contributed by atoms with Gasteiger partial charge in [0.05, 0.1) is 11.8 Å². The van der Waals surface area contributed by atoms with Crippen LogP contribution in [-0.2, 0) is 14.4 Å². The fourth-order valence-corrected chi connectivity index (χ4v) is 5.75. The predicted molar refractivity (Wildman–Crippen MR) is 98.9 cm³/mol. The fraction of sp³-hybridized carbons (Fsp3) is 0.450. The van der Waals surface area contributed by atoms with E-state index >= 15 is 0 Å². The van der Waals surface area contributed by atoms with Gasteiger partial charge in [0.1, 0.15) is 6.54 Å². The molecule has 5 nitrogen and oxygen atoms in total. The Bertz CT molecular complexity index is 844. The van der Waals surface area contributed by atoms with E-state index in [0.29, 0.717) is 17.5 Å². The van der Waals surface area contributed by atoms with E-state index in [0.717, 1.165) is 16.5 Å². The average molecular weight is 415 g/mol. The molecular weight excluding hydrogens is 396 g/mol. The summed E-state index contributed by atoms with van der Waals surface area (Å²) in [6, 6.07) is 5.56. The van der Waals surface area contributed by atoms with Gasteiger partial charge in [-0.3, -0.25) is 19.3 Å². The summed E-state index contributed by atoms with van der Waals surface area (Å²) in [6.07, 6.45) is 5.42. The lowest BCUT2D eigenvalue weighted by molar-refractivity contribution is -0.142. The van der Waals surface area contributed by atoms with Crippen LogP contribution >= 0.6 is 15.9 Å². The summed E-state index contributed by atoms with van der Waals surface area (Å²) in [5.41, 5.74) is 1.61. The third-order valence-corrected chi connectivity index (χ3v) is 7.01. The van der Waals surface area contributed by atoms with Gasteiger partial charge in [0.15, 0.2) is 0 Å². The molecule has 5 aliphatic rings. The van der Waals surface area contributed by atoms with E-state index in [-0.39, 0.29) is 47.9 Å². The summed E-state index contributed by atoms with van der Waals surface area (Å²) in [7, 11) is 0. The van der Waals surface area contributed by atoms with Crippen LogP contribution in [0.25, 0.3) is 0 Å². The van der Waals surface area contributed by atoms with Crippen molar-refractivity contribution < 1.29 is 14.4 Å². The maximum absolute atomic E-state index is 12.9. The first-order chi connectivity index (χ1) is 12.5. The van der Waals surface area contributed by atoms with Crippen molar-refractivity contribution in [2.45, 2.75) is 13.3 Å². The van der Waals surface area contributed by atoms with Gasteiger partial charge in [0.25, 0.3) is 0 Å². The van der Waals surface area contributed by atoms with Crippen molar-refractivity contribution >= 4 is 39.3 Å². The Kier molecular flexibility index (Phi) is 3.45. The molecule has 1 saturated heterocycles. The van der Waals surface area contributed by atoms with Crippen LogP contribution in [-0.4, -0.2) is 29.2 Å². The molecule has 134 valence electrons. The molecule has 1 aromatic rings. The van der Waals surface area contributed by atoms with Crippen molar-refractivity contribution in [1.29, 1.82) is 0 Å². The number of nitrogens with zero attached hydrogens (tertiary/aromatic N) is 1. The number of nitrogens with one attached hydrogen (secondary N) is 1. The van der Waals surface area contributed by atoms with E-state index in [2.05, 4.69) is 33.4 Å². The van der Waals surface area contributed by atoms with Gasteiger partial charge in [-0.2, -0.15) is 0 Å². The average Bonchev–Trinajstić information content (AvgIpc) is 3.39. The highest BCUT2D eigenvalue weighted by Gasteiger charge is 2.67. The highest BCUT2D eigenvalue weighted by molar-refractivity contribution is 9.10. The van der Waals surface area contributed by atoms with E-state index in [1.165, 1.54) is 4.90 Å². The van der Waals surface area contributed by atoms with E-state index in [9.17, 15) is 14.4 Å². The number of carbonyl (C=O) groups is 3. The van der Waals surface area contributed by atoms with Crippen LogP contribution < -0.4 is 5.32 Å². The molecule has 0 radical (unpaired) electrons. The number of rotatable bonds is 3. The number of allylic oxidation sites excluding steroid dienone is 2. The zero-order valence-electron chi connectivity index (χ0n) is 14.3. The van der Waals surface area contributed by atoms with Crippen molar-refractivity contribution in [2.75, 3.05) is 11.9 Å². The lowest BCUT2D eigenvalue weighted by Gasteiger charge is -2.37. The number of anilines is 1. The summed E-state index contributed by atoms with van der Waals surface area (Å²) in [5, 5.41) is 2.82. The Labute approximate surface area is 159 Å². The maximum Gasteiger partial charge on any atom is 0.244 e. The van der Waals surface area contributed by atoms with E-state index < -0.39 is 0 Å². The largest absolute Gasteiger partial charge is 0.324 e. The quantitative estimate of drug-likeness (QED) is 0.610. The second kappa shape index (κ2) is 5.52. The number of hydrogen-bond donors (Lipinski definition) is 1. The van der Waals surface area contributed by atoms with Crippen molar-refractivity contribution in [3.05, 3.63) is 40.4 Å². The van der Waals surface area contributed by atoms with Gasteiger partial charge < -0.3 is 5.32 Å². The minimum Gasteiger partial charge on any atom is -0.324 e. The predicted octanol–water partition coefficient (Wildman–Crippen LogP) is 2.75. The van der Waals surface area contributed by atoms with Crippen molar-refractivity contribution in [3.8, 4) is 0 Å². The van der Waals surface area contributed by atoms with Crippen LogP contribution in [0.2, 0.25) is 0 Å². The molecule has 2 saturated carbocycles. The Balaban J connectivity index is 1.33. The number of carbonyl (C=O) groups excluding carboxylic acids is 3. The number of aryl methyl sites for hydroxylation is 1. The third kappa shape index (κ3) is 2.24. The number of amides is 3. The zero-order valence-corrected chi connectivity index (χ0v) is 15.9. The molecule has 6 rings (SSSR count). The summed E-state index contributed by atoms with van der Waals surface area (Å²) >= 11 is 3.39. The number of benzene rings is 1. The van der Waals surface area contributed by atoms with Crippen LogP contribution in [0.15, 0.2) is 34.8 Å². The molecular formula is C20H19BrN2O3. The van der Waals surface area contributed by atoms with E-state index in [1.807, 2.05) is 25.1 Å². The molecule has 4 aliphatic carbocycles. The Hall–Kier alpha value is -1.95. The molecule has 1 aromatic carbocycles. The molecule has 1 aliphatic heterocycles. The van der Waals surface area contributed by atoms with Crippen LogP contribution in [0, 0.1) is 42.4 Å². The maximum atomic E-state index is 12.9. The zero-order chi connectivity index (χ0) is 18.2. The second-order valence-corrected chi connectivity index (χ2v) is 8.84. The smallest absolute Gasteiger partial charge is 0.244 e. The van der Waals surface area contributed by atoms with E-state index in [4.69, 9.17) is 0 Å². The minimum absolute atomic E-state index is 0.160. The monoisotopic (exact) mass is 414 g/mol. The molecule has 6 heteroatoms. The van der Waals surface area contributed by atoms with Gasteiger partial charge in [-0.15, -0.1) is 0 Å². The van der Waals surface area contributed by atoms with Crippen LogP contribution in [0.5, 0.6) is 0 Å². The van der Waals surface area contributed by atoms with E-state index in [1.54, 1.807) is 0 Å². The van der Waals surface area contributed by atoms with Crippen LogP contribution in [0.3, 0.4) is 0 Å². The van der Waals surface area contributed by atoms with Gasteiger partial charge in [0.2, 0.25) is 17.7 Å². The lowest BCUT2D eigenvalue weighted by atomic mass is 9.63. The summed E-state index contributed by atoms with van der Waals surface area (Å²) in [6.45, 7) is 1.70. The molecule has 0 spiro atoms. The number of halogens is 1. The minimum atomic E-state index is -0.332. The van der Waals surface area contributed by atoms with Gasteiger partial charge >= 0.3 is 0 Å². The summed E-state index contributed by atoms with van der Waals surface area (Å²) in [5.74, 6) is 0.374. The Morgan fingerprint density at radius 1 is 1.15 bits per heavy atom. The molecule has 0 unspecified atom stereocenters. The molecule has 1 N–H and O–H groups in total. The molecule has 1 heterocycles. The fourth-order valence-electron chi connectivity index (χ4n) is 5.28. The van der Waals surface area contributed by atoms with Crippen LogP contribution in [0.4, 0.5) is 5.69 Å². The number of likely N-dealkylation sites (tertiary alicyclic amines) is 1. The first-order valence-electron chi connectivity index (χ1n) is 9.05. The normalized spacial score (nSPS) is 36.2. The van der Waals surface area contributed by atoms with Gasteiger partial charge in [-0.05, 0) is 60.8 Å². The molecule has 3 fully saturated rings. The van der Waals surface area contributed by atoms with Crippen molar-refractivity contribution in [2.24, 2.45) is 35.5 Å². The second-order valence-electron chi connectivity index (χ2n) is 7.92. The summed E-state index contributed by atoms with van der Waals surface area (Å²) < 4.78 is 0.934. The SMILES string of the molecule is Cc1cc(Br)ccc1NC(=O)CN1C(=O)[C@@H]2[C@@H]3C=C[C@H]([C@H]4C[C@H]34)[C@@H]2C1=O. The number of hydrogen-bond acceptors (Lipinski definition) is 3. The molecule has 2 bridgehead atoms. The Morgan fingerprint density at radius 2 is 1.77 bits per heavy atom. The van der Waals surface area contributed by atoms with Gasteiger partial charge in [-0.25, -0.2) is 0 Å². The van der Waals surface area contributed by atoms with Crippen molar-refractivity contribution in [3.63, 3.8) is 0 Å². The number of imide groups is 1. The standard InChI is InChI=1S/C20H19BrN2O3/c1-9-6-10(21)2-5-15(9)22-16(24)8-23-19(25)17-11-3-4-12(14-7-13(11)14)18(17)20(23)26/h2-6,11-14,17-18H,7-8H2,1H3,(H,22,24)/t11-,12-,13-,14-,17-,18+/m1/s1.